The third-order valence-electron chi connectivity index (χ3n) is 3.40. The number of benzene rings is 1. The summed E-state index contributed by atoms with van der Waals surface area (Å²) in [7, 11) is 0. The minimum absolute atomic E-state index is 0.126. The fourth-order valence-electron chi connectivity index (χ4n) is 2.06. The second-order valence-electron chi connectivity index (χ2n) is 4.90. The van der Waals surface area contributed by atoms with Gasteiger partial charge in [-0.15, -0.1) is 0 Å². The number of carbonyl (C=O) groups excluding carboxylic acids is 1. The van der Waals surface area contributed by atoms with Gasteiger partial charge < -0.3 is 16.2 Å². The second-order valence-corrected chi connectivity index (χ2v) is 4.90. The van der Waals surface area contributed by atoms with E-state index in [2.05, 4.69) is 5.32 Å². The molecule has 4 nitrogen and oxygen atoms in total. The number of carbonyl (C=O) groups is 1. The van der Waals surface area contributed by atoms with Crippen LogP contribution in [0.15, 0.2) is 18.2 Å². The third kappa shape index (κ3) is 2.58. The molecule has 1 fully saturated rings. The summed E-state index contributed by atoms with van der Waals surface area (Å²) in [5.74, 6) is 0.0487. The monoisotopic (exact) mass is 234 g/mol. The highest BCUT2D eigenvalue weighted by molar-refractivity contribution is 5.95. The topological polar surface area (TPSA) is 75.3 Å². The number of nitrogens with two attached hydrogens (primary N) is 1. The van der Waals surface area contributed by atoms with E-state index in [4.69, 9.17) is 5.73 Å². The van der Waals surface area contributed by atoms with Crippen LogP contribution in [0.25, 0.3) is 0 Å². The fourth-order valence-corrected chi connectivity index (χ4v) is 2.06. The van der Waals surface area contributed by atoms with Crippen LogP contribution in [0.4, 0.5) is 0 Å². The lowest BCUT2D eigenvalue weighted by molar-refractivity contribution is 0.0929. The average molecular weight is 234 g/mol. The molecule has 1 aromatic rings. The van der Waals surface area contributed by atoms with Crippen molar-refractivity contribution in [3.05, 3.63) is 29.3 Å². The van der Waals surface area contributed by atoms with Crippen molar-refractivity contribution in [2.24, 2.45) is 5.73 Å². The van der Waals surface area contributed by atoms with E-state index in [-0.39, 0.29) is 17.2 Å². The Morgan fingerprint density at radius 1 is 1.53 bits per heavy atom. The normalized spacial score (nSPS) is 17.3. The second kappa shape index (κ2) is 4.37. The van der Waals surface area contributed by atoms with Gasteiger partial charge in [-0.3, -0.25) is 4.79 Å². The lowest BCUT2D eigenvalue weighted by atomic mass is 9.78. The minimum atomic E-state index is -0.208. The molecule has 2 rings (SSSR count). The first-order valence-corrected chi connectivity index (χ1v) is 5.87. The molecule has 4 heteroatoms. The number of phenolic OH excluding ortho intramolecular Hbond substituents is 1. The van der Waals surface area contributed by atoms with E-state index in [1.807, 2.05) is 0 Å². The summed E-state index contributed by atoms with van der Waals surface area (Å²) in [5, 5.41) is 12.1. The molecular weight excluding hydrogens is 216 g/mol. The molecule has 1 aliphatic carbocycles. The molecule has 92 valence electrons. The van der Waals surface area contributed by atoms with Crippen molar-refractivity contribution in [2.75, 3.05) is 6.54 Å². The van der Waals surface area contributed by atoms with E-state index < -0.39 is 0 Å². The number of amides is 1. The Labute approximate surface area is 101 Å². The van der Waals surface area contributed by atoms with Crippen LogP contribution in [0.3, 0.4) is 0 Å². The maximum Gasteiger partial charge on any atom is 0.251 e. The first-order chi connectivity index (χ1) is 8.00. The Morgan fingerprint density at radius 3 is 2.76 bits per heavy atom. The maximum absolute atomic E-state index is 11.9. The van der Waals surface area contributed by atoms with Gasteiger partial charge in [0.05, 0.1) is 0 Å². The molecular formula is C13H18N2O2. The standard InChI is InChI=1S/C13H18N2O2/c1-9-7-10(16)3-4-11(9)12(17)15-8-13(14)5-2-6-13/h3-4,7,16H,2,5-6,8,14H2,1H3,(H,15,17). The largest absolute Gasteiger partial charge is 0.508 e. The van der Waals surface area contributed by atoms with Crippen molar-refractivity contribution in [1.29, 1.82) is 0 Å². The molecule has 0 aromatic heterocycles. The van der Waals surface area contributed by atoms with Crippen molar-refractivity contribution in [3.8, 4) is 5.75 Å². The molecule has 4 N–H and O–H groups in total. The zero-order valence-corrected chi connectivity index (χ0v) is 9.99. The average Bonchev–Trinajstić information content (AvgIpc) is 2.23. The van der Waals surface area contributed by atoms with Gasteiger partial charge in [-0.2, -0.15) is 0 Å². The van der Waals surface area contributed by atoms with Crippen LogP contribution < -0.4 is 11.1 Å². The predicted molar refractivity (Wildman–Crippen MR) is 65.9 cm³/mol. The summed E-state index contributed by atoms with van der Waals surface area (Å²) in [6, 6.07) is 4.73. The Hall–Kier alpha value is -1.55. The van der Waals surface area contributed by atoms with Crippen molar-refractivity contribution in [2.45, 2.75) is 31.7 Å². The molecule has 1 amide bonds. The van der Waals surface area contributed by atoms with E-state index in [1.54, 1.807) is 19.1 Å². The van der Waals surface area contributed by atoms with Gasteiger partial charge in [0.2, 0.25) is 0 Å². The summed E-state index contributed by atoms with van der Waals surface area (Å²) < 4.78 is 0. The first kappa shape index (κ1) is 11.9. The zero-order valence-electron chi connectivity index (χ0n) is 9.99. The van der Waals surface area contributed by atoms with Gasteiger partial charge in [0, 0.05) is 17.6 Å². The molecule has 0 atom stereocenters. The van der Waals surface area contributed by atoms with Crippen LogP contribution in [-0.4, -0.2) is 23.1 Å². The number of phenols is 1. The van der Waals surface area contributed by atoms with Crippen LogP contribution >= 0.6 is 0 Å². The first-order valence-electron chi connectivity index (χ1n) is 5.87. The summed E-state index contributed by atoms with van der Waals surface area (Å²) in [6.45, 7) is 2.32. The summed E-state index contributed by atoms with van der Waals surface area (Å²) in [6.07, 6.45) is 3.09. The van der Waals surface area contributed by atoms with E-state index in [1.165, 1.54) is 6.07 Å². The van der Waals surface area contributed by atoms with Gasteiger partial charge in [0.1, 0.15) is 5.75 Å². The molecule has 0 bridgehead atoms. The summed E-state index contributed by atoms with van der Waals surface area (Å²) in [5.41, 5.74) is 7.18. The number of nitrogens with one attached hydrogen (secondary N) is 1. The molecule has 0 saturated heterocycles. The maximum atomic E-state index is 11.9. The van der Waals surface area contributed by atoms with Gasteiger partial charge in [-0.25, -0.2) is 0 Å². The Bertz CT molecular complexity index is 439. The van der Waals surface area contributed by atoms with E-state index in [0.717, 1.165) is 24.8 Å². The Balaban J connectivity index is 1.99. The highest BCUT2D eigenvalue weighted by Crippen LogP contribution is 2.28. The van der Waals surface area contributed by atoms with Gasteiger partial charge >= 0.3 is 0 Å². The van der Waals surface area contributed by atoms with Gasteiger partial charge in [-0.1, -0.05) is 0 Å². The van der Waals surface area contributed by atoms with Crippen LogP contribution in [0.2, 0.25) is 0 Å². The lowest BCUT2D eigenvalue weighted by Gasteiger charge is -2.38. The van der Waals surface area contributed by atoms with E-state index in [9.17, 15) is 9.90 Å². The minimum Gasteiger partial charge on any atom is -0.508 e. The molecule has 0 radical (unpaired) electrons. The van der Waals surface area contributed by atoms with Crippen molar-refractivity contribution in [1.82, 2.24) is 5.32 Å². The van der Waals surface area contributed by atoms with Crippen LogP contribution in [-0.2, 0) is 0 Å². The lowest BCUT2D eigenvalue weighted by Crippen LogP contribution is -2.54. The smallest absolute Gasteiger partial charge is 0.251 e. The molecule has 1 aliphatic rings. The summed E-state index contributed by atoms with van der Waals surface area (Å²) in [4.78, 5) is 11.9. The van der Waals surface area contributed by atoms with E-state index in [0.29, 0.717) is 12.1 Å². The molecule has 17 heavy (non-hydrogen) atoms. The number of hydrogen-bond donors (Lipinski definition) is 3. The molecule has 0 heterocycles. The molecule has 0 unspecified atom stereocenters. The SMILES string of the molecule is Cc1cc(O)ccc1C(=O)NCC1(N)CCC1. The van der Waals surface area contributed by atoms with Crippen LogP contribution in [0.5, 0.6) is 5.75 Å². The number of aromatic hydroxyl groups is 1. The molecule has 0 spiro atoms. The quantitative estimate of drug-likeness (QED) is 0.738. The highest BCUT2D eigenvalue weighted by Gasteiger charge is 2.32. The summed E-state index contributed by atoms with van der Waals surface area (Å²) >= 11 is 0. The number of rotatable bonds is 3. The van der Waals surface area contributed by atoms with Gasteiger partial charge in [0.15, 0.2) is 0 Å². The Morgan fingerprint density at radius 2 is 2.24 bits per heavy atom. The third-order valence-corrected chi connectivity index (χ3v) is 3.40. The zero-order chi connectivity index (χ0) is 12.5. The van der Waals surface area contributed by atoms with Crippen molar-refractivity contribution < 1.29 is 9.90 Å². The van der Waals surface area contributed by atoms with Crippen LogP contribution in [0, 0.1) is 6.92 Å². The molecule has 1 saturated carbocycles. The molecule has 0 aliphatic heterocycles. The van der Waals surface area contributed by atoms with E-state index >= 15 is 0 Å². The highest BCUT2D eigenvalue weighted by atomic mass is 16.3. The van der Waals surface area contributed by atoms with Gasteiger partial charge in [-0.05, 0) is 49.9 Å². The fraction of sp³-hybridized carbons (Fsp3) is 0.462. The van der Waals surface area contributed by atoms with Crippen LogP contribution in [0.1, 0.15) is 35.2 Å². The number of hydrogen-bond acceptors (Lipinski definition) is 3. The predicted octanol–water partition coefficient (Wildman–Crippen LogP) is 1.31. The Kier molecular flexibility index (Phi) is 3.07. The van der Waals surface area contributed by atoms with Crippen molar-refractivity contribution in [3.63, 3.8) is 0 Å². The van der Waals surface area contributed by atoms with Crippen molar-refractivity contribution >= 4 is 5.91 Å². The number of aryl methyl sites for hydroxylation is 1. The molecule has 1 aromatic carbocycles. The van der Waals surface area contributed by atoms with Gasteiger partial charge in [0.25, 0.3) is 5.91 Å².